The minimum atomic E-state index is -2.27. The highest BCUT2D eigenvalue weighted by Crippen LogP contribution is 2.33. The first kappa shape index (κ1) is 21.4. The molecule has 2 aromatic carbocycles. The lowest BCUT2D eigenvalue weighted by Crippen LogP contribution is -2.13. The van der Waals surface area contributed by atoms with Crippen LogP contribution in [-0.2, 0) is 0 Å². The number of rotatable bonds is 6. The van der Waals surface area contributed by atoms with Crippen LogP contribution in [0.4, 0.5) is 32.2 Å². The van der Waals surface area contributed by atoms with Crippen LogP contribution in [-0.4, -0.2) is 9.97 Å². The van der Waals surface area contributed by atoms with Gasteiger partial charge in [-0.1, -0.05) is 19.1 Å². The minimum Gasteiger partial charge on any atom is -0.451 e. The number of halogens is 6. The third-order valence-electron chi connectivity index (χ3n) is 4.35. The molecule has 0 aliphatic heterocycles. The number of benzene rings is 2. The van der Waals surface area contributed by atoms with Gasteiger partial charge in [-0.05, 0) is 31.0 Å². The number of anilines is 1. The molecule has 30 heavy (non-hydrogen) atoms. The zero-order valence-electron chi connectivity index (χ0n) is 15.7. The Balaban J connectivity index is 1.83. The Morgan fingerprint density at radius 3 is 1.97 bits per heavy atom. The van der Waals surface area contributed by atoms with Crippen LogP contribution in [0, 0.1) is 41.8 Å². The summed E-state index contributed by atoms with van der Waals surface area (Å²) in [7, 11) is 0. The number of nitrogens with zero attached hydrogens (tertiary/aromatic N) is 2. The van der Waals surface area contributed by atoms with Crippen molar-refractivity contribution in [3.05, 3.63) is 76.8 Å². The van der Waals surface area contributed by atoms with E-state index in [1.165, 1.54) is 37.5 Å². The Labute approximate surface area is 167 Å². The molecule has 1 atom stereocenters. The SMILES string of the molecule is CCC(Nc1ncnc(C)c1F)c1ccc(Oc2c(F)c(F)c(F)c(F)c2F)cc1. The summed E-state index contributed by atoms with van der Waals surface area (Å²) in [6.07, 6.45) is 1.74. The second kappa shape index (κ2) is 8.60. The maximum atomic E-state index is 14.1. The molecule has 0 amide bonds. The molecular formula is C20H15F6N3O. The van der Waals surface area contributed by atoms with Crippen molar-refractivity contribution >= 4 is 5.82 Å². The van der Waals surface area contributed by atoms with E-state index in [1.54, 1.807) is 0 Å². The first-order valence-corrected chi connectivity index (χ1v) is 8.77. The molecule has 0 fully saturated rings. The molecule has 0 spiro atoms. The Bertz CT molecular complexity index is 1050. The summed E-state index contributed by atoms with van der Waals surface area (Å²) in [6, 6.07) is 5.22. The van der Waals surface area contributed by atoms with E-state index in [2.05, 4.69) is 15.3 Å². The van der Waals surface area contributed by atoms with Crippen molar-refractivity contribution < 1.29 is 31.1 Å². The smallest absolute Gasteiger partial charge is 0.207 e. The Morgan fingerprint density at radius 1 is 0.833 bits per heavy atom. The number of aromatic nitrogens is 2. The molecule has 0 aliphatic carbocycles. The Kier molecular flexibility index (Phi) is 6.14. The van der Waals surface area contributed by atoms with Crippen molar-refractivity contribution in [1.82, 2.24) is 9.97 Å². The van der Waals surface area contributed by atoms with Gasteiger partial charge in [-0.25, -0.2) is 27.5 Å². The molecule has 0 bridgehead atoms. The largest absolute Gasteiger partial charge is 0.451 e. The fraction of sp³-hybridized carbons (Fsp3) is 0.200. The van der Waals surface area contributed by atoms with Crippen molar-refractivity contribution in [3.63, 3.8) is 0 Å². The molecule has 10 heteroatoms. The average molecular weight is 427 g/mol. The van der Waals surface area contributed by atoms with E-state index in [-0.39, 0.29) is 23.3 Å². The summed E-state index contributed by atoms with van der Waals surface area (Å²) in [5.41, 5.74) is 0.826. The highest BCUT2D eigenvalue weighted by molar-refractivity contribution is 5.42. The maximum absolute atomic E-state index is 14.1. The van der Waals surface area contributed by atoms with E-state index in [9.17, 15) is 26.3 Å². The molecular weight excluding hydrogens is 412 g/mol. The van der Waals surface area contributed by atoms with Gasteiger partial charge in [0, 0.05) is 0 Å². The first-order valence-electron chi connectivity index (χ1n) is 8.77. The maximum Gasteiger partial charge on any atom is 0.207 e. The number of hydrogen-bond acceptors (Lipinski definition) is 4. The fourth-order valence-corrected chi connectivity index (χ4v) is 2.71. The van der Waals surface area contributed by atoms with Gasteiger partial charge in [-0.2, -0.15) is 8.78 Å². The highest BCUT2D eigenvalue weighted by atomic mass is 19.2. The lowest BCUT2D eigenvalue weighted by molar-refractivity contribution is 0.332. The standard InChI is InChI=1S/C20H15F6N3O/c1-3-12(29-20-13(21)9(2)27-8-28-20)10-4-6-11(7-5-10)30-19-17(25)15(23)14(22)16(24)18(19)26/h4-8,12H,3H2,1-2H3,(H,27,28,29). The number of ether oxygens (including phenoxy) is 1. The fourth-order valence-electron chi connectivity index (χ4n) is 2.71. The zero-order valence-corrected chi connectivity index (χ0v) is 15.7. The topological polar surface area (TPSA) is 47.0 Å². The zero-order chi connectivity index (χ0) is 22.0. The lowest BCUT2D eigenvalue weighted by Gasteiger charge is -2.19. The van der Waals surface area contributed by atoms with E-state index >= 15 is 0 Å². The van der Waals surface area contributed by atoms with Crippen LogP contribution < -0.4 is 10.1 Å². The second-order valence-electron chi connectivity index (χ2n) is 6.30. The molecule has 3 rings (SSSR count). The van der Waals surface area contributed by atoms with Gasteiger partial charge in [-0.15, -0.1) is 0 Å². The van der Waals surface area contributed by atoms with Crippen molar-refractivity contribution in [2.75, 3.05) is 5.32 Å². The van der Waals surface area contributed by atoms with Crippen molar-refractivity contribution in [1.29, 1.82) is 0 Å². The lowest BCUT2D eigenvalue weighted by atomic mass is 10.0. The van der Waals surface area contributed by atoms with Crippen LogP contribution in [0.1, 0.15) is 30.6 Å². The summed E-state index contributed by atoms with van der Waals surface area (Å²) in [6.45, 7) is 3.33. The summed E-state index contributed by atoms with van der Waals surface area (Å²) in [5, 5.41) is 2.93. The van der Waals surface area contributed by atoms with Crippen LogP contribution in [0.2, 0.25) is 0 Å². The van der Waals surface area contributed by atoms with Gasteiger partial charge in [0.25, 0.3) is 0 Å². The molecule has 3 aromatic rings. The van der Waals surface area contributed by atoms with Gasteiger partial charge in [0.15, 0.2) is 11.6 Å². The summed E-state index contributed by atoms with van der Waals surface area (Å²) >= 11 is 0. The second-order valence-corrected chi connectivity index (χ2v) is 6.30. The van der Waals surface area contributed by atoms with Crippen LogP contribution >= 0.6 is 0 Å². The predicted octanol–water partition coefficient (Wildman–Crippen LogP) is 5.98. The summed E-state index contributed by atoms with van der Waals surface area (Å²) in [5.74, 6) is -12.7. The highest BCUT2D eigenvalue weighted by Gasteiger charge is 2.27. The Morgan fingerprint density at radius 2 is 1.40 bits per heavy atom. The molecule has 4 nitrogen and oxygen atoms in total. The molecule has 1 unspecified atom stereocenters. The molecule has 0 radical (unpaired) electrons. The number of hydrogen-bond donors (Lipinski definition) is 1. The van der Waals surface area contributed by atoms with Gasteiger partial charge < -0.3 is 10.1 Å². The molecule has 1 heterocycles. The van der Waals surface area contributed by atoms with E-state index < -0.39 is 40.7 Å². The van der Waals surface area contributed by atoms with Crippen LogP contribution in [0.15, 0.2) is 30.6 Å². The molecule has 1 N–H and O–H groups in total. The number of nitrogens with one attached hydrogen (secondary N) is 1. The quantitative estimate of drug-likeness (QED) is 0.299. The third kappa shape index (κ3) is 4.03. The van der Waals surface area contributed by atoms with Crippen LogP contribution in [0.25, 0.3) is 0 Å². The first-order chi connectivity index (χ1) is 14.2. The van der Waals surface area contributed by atoms with Crippen molar-refractivity contribution in [2.45, 2.75) is 26.3 Å². The molecule has 0 saturated heterocycles. The van der Waals surface area contributed by atoms with E-state index in [0.29, 0.717) is 12.0 Å². The molecule has 0 aliphatic rings. The van der Waals surface area contributed by atoms with Gasteiger partial charge in [0.05, 0.1) is 11.7 Å². The minimum absolute atomic E-state index is 0.0103. The molecule has 1 aromatic heterocycles. The van der Waals surface area contributed by atoms with E-state index in [1.807, 2.05) is 6.92 Å². The van der Waals surface area contributed by atoms with Gasteiger partial charge in [0.2, 0.25) is 34.8 Å². The van der Waals surface area contributed by atoms with Crippen LogP contribution in [0.3, 0.4) is 0 Å². The van der Waals surface area contributed by atoms with E-state index in [4.69, 9.17) is 4.74 Å². The Hall–Kier alpha value is -3.30. The number of aryl methyl sites for hydroxylation is 1. The van der Waals surface area contributed by atoms with Crippen molar-refractivity contribution in [3.8, 4) is 11.5 Å². The van der Waals surface area contributed by atoms with Gasteiger partial charge in [0.1, 0.15) is 12.1 Å². The van der Waals surface area contributed by atoms with Gasteiger partial charge >= 0.3 is 0 Å². The molecule has 0 saturated carbocycles. The third-order valence-corrected chi connectivity index (χ3v) is 4.35. The average Bonchev–Trinajstić information content (AvgIpc) is 2.75. The predicted molar refractivity (Wildman–Crippen MR) is 96.1 cm³/mol. The summed E-state index contributed by atoms with van der Waals surface area (Å²) < 4.78 is 86.2. The van der Waals surface area contributed by atoms with E-state index in [0.717, 1.165) is 0 Å². The normalized spacial score (nSPS) is 12.0. The monoisotopic (exact) mass is 427 g/mol. The molecule has 158 valence electrons. The van der Waals surface area contributed by atoms with Crippen LogP contribution in [0.5, 0.6) is 11.5 Å². The van der Waals surface area contributed by atoms with Crippen molar-refractivity contribution in [2.24, 2.45) is 0 Å². The summed E-state index contributed by atoms with van der Waals surface area (Å²) in [4.78, 5) is 7.61. The van der Waals surface area contributed by atoms with Gasteiger partial charge in [-0.3, -0.25) is 0 Å².